The monoisotopic (exact) mass is 290 g/mol. The molecule has 2 rings (SSSR count). The van der Waals surface area contributed by atoms with Gasteiger partial charge in [-0.3, -0.25) is 4.79 Å². The third-order valence-corrected chi connectivity index (χ3v) is 4.84. The summed E-state index contributed by atoms with van der Waals surface area (Å²) >= 11 is 3.19. The number of carbonyl (C=O) groups excluding carboxylic acids is 1. The fourth-order valence-corrected chi connectivity index (χ4v) is 3.19. The molecule has 0 spiro atoms. The van der Waals surface area contributed by atoms with Gasteiger partial charge in [0.15, 0.2) is 6.29 Å². The van der Waals surface area contributed by atoms with Gasteiger partial charge >= 0.3 is 0 Å². The van der Waals surface area contributed by atoms with Gasteiger partial charge in [0.2, 0.25) is 0 Å². The van der Waals surface area contributed by atoms with E-state index in [4.69, 9.17) is 0 Å². The average molecular weight is 290 g/mol. The van der Waals surface area contributed by atoms with Crippen molar-refractivity contribution in [2.45, 2.75) is 0 Å². The second-order valence-corrected chi connectivity index (χ2v) is 5.62. The van der Waals surface area contributed by atoms with Gasteiger partial charge in [0.1, 0.15) is 0 Å². The van der Waals surface area contributed by atoms with Gasteiger partial charge < -0.3 is 0 Å². The predicted octanol–water partition coefficient (Wildman–Crippen LogP) is 3.47. The van der Waals surface area contributed by atoms with Crippen LogP contribution in [0.2, 0.25) is 0 Å². The third kappa shape index (κ3) is 3.11. The van der Waals surface area contributed by atoms with Gasteiger partial charge in [0, 0.05) is 18.0 Å². The molecule has 98 valence electrons. The van der Waals surface area contributed by atoms with Crippen molar-refractivity contribution in [1.29, 1.82) is 0 Å². The number of hydrogen-bond acceptors (Lipinski definition) is 4. The number of rotatable bonds is 5. The van der Waals surface area contributed by atoms with Gasteiger partial charge in [0.25, 0.3) is 0 Å². The molecule has 0 aliphatic rings. The molecule has 2 aromatic rings. The molecule has 0 bridgehead atoms. The van der Waals surface area contributed by atoms with Crippen molar-refractivity contribution in [2.24, 2.45) is 0 Å². The van der Waals surface area contributed by atoms with Crippen LogP contribution in [0.5, 0.6) is 0 Å². The summed E-state index contributed by atoms with van der Waals surface area (Å²) in [5, 5.41) is 4.18. The van der Waals surface area contributed by atoms with Crippen LogP contribution in [0.3, 0.4) is 0 Å². The Hall–Kier alpha value is -1.46. The minimum Gasteiger partial charge on any atom is -0.298 e. The molecule has 0 aliphatic carbocycles. The van der Waals surface area contributed by atoms with E-state index in [1.807, 2.05) is 49.0 Å². The standard InChI is InChI=1S/C14H14N2OS2/c1-18-14(19-2)13(10-17)11-4-6-12(7-5-11)16-9-3-8-15-16/h3-10H,1-2H3. The molecular formula is C14H14N2OS2. The first-order valence-electron chi connectivity index (χ1n) is 5.68. The molecule has 0 saturated heterocycles. The molecule has 1 aromatic heterocycles. The van der Waals surface area contributed by atoms with E-state index >= 15 is 0 Å². The normalized spacial score (nSPS) is 10.2. The Morgan fingerprint density at radius 2 is 1.89 bits per heavy atom. The highest BCUT2D eigenvalue weighted by Crippen LogP contribution is 2.32. The highest BCUT2D eigenvalue weighted by Gasteiger charge is 2.07. The summed E-state index contributed by atoms with van der Waals surface area (Å²) < 4.78 is 2.82. The van der Waals surface area contributed by atoms with E-state index in [-0.39, 0.29) is 0 Å². The number of aldehydes is 1. The lowest BCUT2D eigenvalue weighted by atomic mass is 10.1. The van der Waals surface area contributed by atoms with E-state index in [0.29, 0.717) is 0 Å². The Morgan fingerprint density at radius 1 is 1.21 bits per heavy atom. The maximum atomic E-state index is 11.3. The van der Waals surface area contributed by atoms with Crippen molar-refractivity contribution < 1.29 is 4.79 Å². The zero-order chi connectivity index (χ0) is 13.7. The molecular weight excluding hydrogens is 276 g/mol. The highest BCUT2D eigenvalue weighted by molar-refractivity contribution is 8.22. The zero-order valence-corrected chi connectivity index (χ0v) is 12.4. The average Bonchev–Trinajstić information content (AvgIpc) is 2.99. The fraction of sp³-hybridized carbons (Fsp3) is 0.143. The largest absolute Gasteiger partial charge is 0.298 e. The molecule has 0 unspecified atom stereocenters. The van der Waals surface area contributed by atoms with Crippen LogP contribution in [-0.4, -0.2) is 28.6 Å². The van der Waals surface area contributed by atoms with Crippen molar-refractivity contribution in [2.75, 3.05) is 12.5 Å². The van der Waals surface area contributed by atoms with E-state index < -0.39 is 0 Å². The lowest BCUT2D eigenvalue weighted by Gasteiger charge is -2.07. The van der Waals surface area contributed by atoms with Gasteiger partial charge in [-0.2, -0.15) is 5.10 Å². The molecule has 0 N–H and O–H groups in total. The second kappa shape index (κ2) is 6.63. The topological polar surface area (TPSA) is 34.9 Å². The van der Waals surface area contributed by atoms with E-state index in [1.165, 1.54) is 0 Å². The van der Waals surface area contributed by atoms with Crippen molar-refractivity contribution in [3.05, 3.63) is 52.5 Å². The zero-order valence-electron chi connectivity index (χ0n) is 10.7. The fourth-order valence-electron chi connectivity index (χ4n) is 1.75. The first kappa shape index (κ1) is 14.0. The Kier molecular flexibility index (Phi) is 4.87. The van der Waals surface area contributed by atoms with Crippen LogP contribution in [-0.2, 0) is 4.79 Å². The number of carbonyl (C=O) groups is 1. The maximum Gasteiger partial charge on any atom is 0.152 e. The number of nitrogens with zero attached hydrogens (tertiary/aromatic N) is 2. The SMILES string of the molecule is CSC(SC)=C(C=O)c1ccc(-n2cccn2)cc1. The van der Waals surface area contributed by atoms with Gasteiger partial charge in [-0.05, 0) is 36.3 Å². The van der Waals surface area contributed by atoms with Gasteiger partial charge in [-0.15, -0.1) is 23.5 Å². The van der Waals surface area contributed by atoms with E-state index in [1.54, 1.807) is 34.4 Å². The van der Waals surface area contributed by atoms with E-state index in [0.717, 1.165) is 27.3 Å². The molecule has 1 heterocycles. The number of allylic oxidation sites excluding steroid dienone is 1. The molecule has 0 radical (unpaired) electrons. The van der Waals surface area contributed by atoms with Crippen molar-refractivity contribution in [3.8, 4) is 5.69 Å². The minimum absolute atomic E-state index is 0.743. The molecule has 0 saturated carbocycles. The summed E-state index contributed by atoms with van der Waals surface area (Å²) in [6.45, 7) is 0. The summed E-state index contributed by atoms with van der Waals surface area (Å²) in [5.74, 6) is 0. The van der Waals surface area contributed by atoms with Crippen LogP contribution in [0.25, 0.3) is 11.3 Å². The quantitative estimate of drug-likeness (QED) is 0.624. The van der Waals surface area contributed by atoms with Crippen molar-refractivity contribution in [3.63, 3.8) is 0 Å². The van der Waals surface area contributed by atoms with Crippen molar-refractivity contribution in [1.82, 2.24) is 9.78 Å². The van der Waals surface area contributed by atoms with Crippen LogP contribution < -0.4 is 0 Å². The molecule has 0 atom stereocenters. The summed E-state index contributed by atoms with van der Waals surface area (Å²) in [4.78, 5) is 11.3. The molecule has 1 aromatic carbocycles. The molecule has 0 amide bonds. The van der Waals surface area contributed by atoms with E-state index in [2.05, 4.69) is 5.10 Å². The predicted molar refractivity (Wildman–Crippen MR) is 83.6 cm³/mol. The number of benzene rings is 1. The first-order chi connectivity index (χ1) is 9.30. The number of hydrogen-bond donors (Lipinski definition) is 0. The summed E-state index contributed by atoms with van der Waals surface area (Å²) in [6.07, 6.45) is 8.51. The number of thioether (sulfide) groups is 2. The van der Waals surface area contributed by atoms with Crippen LogP contribution in [0.4, 0.5) is 0 Å². The maximum absolute atomic E-state index is 11.3. The van der Waals surface area contributed by atoms with Crippen molar-refractivity contribution >= 4 is 35.4 Å². The summed E-state index contributed by atoms with van der Waals surface area (Å²) in [6, 6.07) is 9.71. The molecule has 0 aliphatic heterocycles. The summed E-state index contributed by atoms with van der Waals surface area (Å²) in [7, 11) is 0. The Balaban J connectivity index is 2.37. The Labute approximate surface area is 121 Å². The lowest BCUT2D eigenvalue weighted by molar-refractivity contribution is -0.103. The Morgan fingerprint density at radius 3 is 2.37 bits per heavy atom. The Bertz CT molecular complexity index is 568. The third-order valence-electron chi connectivity index (χ3n) is 2.66. The molecule has 3 nitrogen and oxygen atoms in total. The first-order valence-corrected chi connectivity index (χ1v) is 8.13. The lowest BCUT2D eigenvalue weighted by Crippen LogP contribution is -1.95. The van der Waals surface area contributed by atoms with Crippen LogP contribution >= 0.6 is 23.5 Å². The second-order valence-electron chi connectivity index (χ2n) is 3.72. The smallest absolute Gasteiger partial charge is 0.152 e. The molecule has 0 fully saturated rings. The van der Waals surface area contributed by atoms with Crippen LogP contribution in [0, 0.1) is 0 Å². The minimum atomic E-state index is 0.743. The molecule has 19 heavy (non-hydrogen) atoms. The molecule has 5 heteroatoms. The van der Waals surface area contributed by atoms with E-state index in [9.17, 15) is 4.79 Å². The highest BCUT2D eigenvalue weighted by atomic mass is 32.2. The number of aromatic nitrogens is 2. The van der Waals surface area contributed by atoms with Crippen LogP contribution in [0.1, 0.15) is 5.56 Å². The van der Waals surface area contributed by atoms with Gasteiger partial charge in [-0.1, -0.05) is 12.1 Å². The summed E-state index contributed by atoms with van der Waals surface area (Å²) in [5.41, 5.74) is 2.66. The van der Waals surface area contributed by atoms with Gasteiger partial charge in [-0.25, -0.2) is 4.68 Å². The van der Waals surface area contributed by atoms with Gasteiger partial charge in [0.05, 0.1) is 9.92 Å². The van der Waals surface area contributed by atoms with Crippen LogP contribution in [0.15, 0.2) is 47.0 Å².